The van der Waals surface area contributed by atoms with E-state index >= 15 is 0 Å². The summed E-state index contributed by atoms with van der Waals surface area (Å²) in [4.78, 5) is 26.1. The quantitative estimate of drug-likeness (QED) is 0.0246. The summed E-state index contributed by atoms with van der Waals surface area (Å²) in [5, 5.41) is 23.6. The van der Waals surface area contributed by atoms with E-state index in [4.69, 9.17) is 4.74 Å². The minimum Gasteiger partial charge on any atom is -0.462 e. The average molecular weight is 850 g/mol. The molecule has 0 aliphatic carbocycles. The molecule has 0 fully saturated rings. The van der Waals surface area contributed by atoms with Gasteiger partial charge >= 0.3 is 5.97 Å². The SMILES string of the molecule is CCCCC/C=C\C/C=C\C/C=C\CCCCC(CC(=O)NC(CO)C(O)CCCCCCCCCCC)OC(=O)CCCCCCC/C=C/C=C/C=C/C=C/CCCCC. The number of nitrogens with one attached hydrogen (secondary N) is 1. The Morgan fingerprint density at radius 3 is 1.46 bits per heavy atom. The zero-order valence-electron chi connectivity index (χ0n) is 39.8. The Labute approximate surface area is 376 Å². The molecule has 6 nitrogen and oxygen atoms in total. The zero-order valence-corrected chi connectivity index (χ0v) is 39.8. The monoisotopic (exact) mass is 850 g/mol. The maximum absolute atomic E-state index is 13.2. The molecule has 1 amide bonds. The summed E-state index contributed by atoms with van der Waals surface area (Å²) in [5.41, 5.74) is 0. The van der Waals surface area contributed by atoms with Crippen LogP contribution >= 0.6 is 0 Å². The van der Waals surface area contributed by atoms with E-state index in [0.717, 1.165) is 96.3 Å². The van der Waals surface area contributed by atoms with Gasteiger partial charge in [-0.1, -0.05) is 209 Å². The third kappa shape index (κ3) is 43.5. The molecule has 350 valence electrons. The summed E-state index contributed by atoms with van der Waals surface area (Å²) in [6.45, 7) is 6.37. The first kappa shape index (κ1) is 58.0. The molecule has 3 N–H and O–H groups in total. The van der Waals surface area contributed by atoms with Crippen molar-refractivity contribution >= 4 is 11.9 Å². The van der Waals surface area contributed by atoms with E-state index in [0.29, 0.717) is 19.3 Å². The van der Waals surface area contributed by atoms with Gasteiger partial charge in [0.25, 0.3) is 0 Å². The fourth-order valence-corrected chi connectivity index (χ4v) is 7.15. The summed E-state index contributed by atoms with van der Waals surface area (Å²) >= 11 is 0. The molecule has 61 heavy (non-hydrogen) atoms. The summed E-state index contributed by atoms with van der Waals surface area (Å²) in [6, 6.07) is -0.722. The number of hydrogen-bond donors (Lipinski definition) is 3. The maximum atomic E-state index is 13.2. The Balaban J connectivity index is 4.71. The van der Waals surface area contributed by atoms with E-state index in [1.54, 1.807) is 0 Å². The van der Waals surface area contributed by atoms with Gasteiger partial charge in [0, 0.05) is 6.42 Å². The fourth-order valence-electron chi connectivity index (χ4n) is 7.15. The number of allylic oxidation sites excluding steroid dienone is 14. The van der Waals surface area contributed by atoms with Crippen LogP contribution in [-0.4, -0.2) is 46.9 Å². The minimum atomic E-state index is -0.805. The van der Waals surface area contributed by atoms with Gasteiger partial charge in [-0.3, -0.25) is 9.59 Å². The number of esters is 1. The predicted molar refractivity (Wildman–Crippen MR) is 264 cm³/mol. The van der Waals surface area contributed by atoms with Crippen molar-refractivity contribution < 1.29 is 24.5 Å². The van der Waals surface area contributed by atoms with E-state index in [1.165, 1.54) is 83.5 Å². The van der Waals surface area contributed by atoms with Gasteiger partial charge in [0.1, 0.15) is 6.10 Å². The number of carbonyl (C=O) groups is 2. The second-order valence-corrected chi connectivity index (χ2v) is 17.0. The molecule has 0 saturated heterocycles. The third-order valence-electron chi connectivity index (χ3n) is 11.0. The molecule has 6 heteroatoms. The summed E-state index contributed by atoms with van der Waals surface area (Å²) in [6.07, 6.45) is 62.1. The summed E-state index contributed by atoms with van der Waals surface area (Å²) in [7, 11) is 0. The van der Waals surface area contributed by atoms with Gasteiger partial charge in [-0.2, -0.15) is 0 Å². The third-order valence-corrected chi connectivity index (χ3v) is 11.0. The Bertz CT molecular complexity index is 1180. The topological polar surface area (TPSA) is 95.9 Å². The molecule has 0 radical (unpaired) electrons. The predicted octanol–water partition coefficient (Wildman–Crippen LogP) is 15.2. The number of unbranched alkanes of at least 4 members (excludes halogenated alkanes) is 21. The molecular formula is C55H95NO5. The van der Waals surface area contributed by atoms with Gasteiger partial charge in [-0.05, 0) is 89.9 Å². The van der Waals surface area contributed by atoms with E-state index in [-0.39, 0.29) is 24.9 Å². The van der Waals surface area contributed by atoms with Crippen LogP contribution in [0.5, 0.6) is 0 Å². The van der Waals surface area contributed by atoms with Crippen molar-refractivity contribution in [3.63, 3.8) is 0 Å². The smallest absolute Gasteiger partial charge is 0.306 e. The summed E-state index contributed by atoms with van der Waals surface area (Å²) in [5.74, 6) is -0.545. The van der Waals surface area contributed by atoms with Crippen LogP contribution in [-0.2, 0) is 14.3 Å². The number of aliphatic hydroxyl groups is 2. The first-order valence-corrected chi connectivity index (χ1v) is 25.4. The Morgan fingerprint density at radius 2 is 0.902 bits per heavy atom. The number of amides is 1. The second-order valence-electron chi connectivity index (χ2n) is 17.0. The van der Waals surface area contributed by atoms with Crippen LogP contribution in [0.25, 0.3) is 0 Å². The zero-order chi connectivity index (χ0) is 44.5. The second kappa shape index (κ2) is 48.1. The van der Waals surface area contributed by atoms with Crippen LogP contribution in [0.4, 0.5) is 0 Å². The molecule has 0 bridgehead atoms. The van der Waals surface area contributed by atoms with Gasteiger partial charge in [0.2, 0.25) is 5.91 Å². The van der Waals surface area contributed by atoms with E-state index in [2.05, 4.69) is 111 Å². The van der Waals surface area contributed by atoms with E-state index in [1.807, 2.05) is 0 Å². The van der Waals surface area contributed by atoms with Crippen molar-refractivity contribution in [2.75, 3.05) is 6.61 Å². The lowest BCUT2D eigenvalue weighted by atomic mass is 10.0. The highest BCUT2D eigenvalue weighted by Gasteiger charge is 2.24. The van der Waals surface area contributed by atoms with Crippen LogP contribution < -0.4 is 5.32 Å². The van der Waals surface area contributed by atoms with Crippen molar-refractivity contribution in [3.8, 4) is 0 Å². The van der Waals surface area contributed by atoms with Gasteiger partial charge in [-0.25, -0.2) is 0 Å². The van der Waals surface area contributed by atoms with Crippen LogP contribution in [0.2, 0.25) is 0 Å². The molecule has 0 rings (SSSR count). The molecule has 0 spiro atoms. The highest BCUT2D eigenvalue weighted by Crippen LogP contribution is 2.16. The lowest BCUT2D eigenvalue weighted by Crippen LogP contribution is -2.46. The number of ether oxygens (including phenoxy) is 1. The average Bonchev–Trinajstić information content (AvgIpc) is 3.25. The van der Waals surface area contributed by atoms with Crippen LogP contribution in [0.1, 0.15) is 226 Å². The normalized spacial score (nSPS) is 14.0. The van der Waals surface area contributed by atoms with Crippen molar-refractivity contribution in [2.45, 2.75) is 244 Å². The van der Waals surface area contributed by atoms with Gasteiger partial charge in [0.15, 0.2) is 0 Å². The largest absolute Gasteiger partial charge is 0.462 e. The van der Waals surface area contributed by atoms with E-state index < -0.39 is 18.2 Å². The molecule has 0 heterocycles. The van der Waals surface area contributed by atoms with Gasteiger partial charge < -0.3 is 20.3 Å². The van der Waals surface area contributed by atoms with Crippen LogP contribution in [0.15, 0.2) is 85.1 Å². The maximum Gasteiger partial charge on any atom is 0.306 e. The molecule has 0 aliphatic rings. The highest BCUT2D eigenvalue weighted by atomic mass is 16.5. The summed E-state index contributed by atoms with van der Waals surface area (Å²) < 4.78 is 5.90. The number of carbonyl (C=O) groups excluding carboxylic acids is 2. The Morgan fingerprint density at radius 1 is 0.492 bits per heavy atom. The van der Waals surface area contributed by atoms with E-state index in [9.17, 15) is 19.8 Å². The molecule has 0 saturated carbocycles. The Hall–Kier alpha value is -2.96. The number of rotatable bonds is 44. The van der Waals surface area contributed by atoms with Crippen molar-refractivity contribution in [1.82, 2.24) is 5.32 Å². The molecule has 3 atom stereocenters. The number of hydrogen-bond acceptors (Lipinski definition) is 5. The lowest BCUT2D eigenvalue weighted by molar-refractivity contribution is -0.151. The standard InChI is InChI=1S/C55H95NO5/c1-4-7-10-13-16-19-21-23-25-26-27-29-31-33-36-39-42-45-48-55(60)61-51(46-43-40-37-35-32-30-28-24-22-20-17-14-11-8-5-2)49-54(59)56-52(50-57)53(58)47-44-41-38-34-18-15-12-9-6-3/h16-17,19-21,23-29,32,35,51-53,57-58H,4-15,18,22,30-31,33-34,36-50H2,1-3H3,(H,56,59)/b19-16+,20-17-,23-21+,26-25+,28-24-,29-27+,35-32-. The Kier molecular flexibility index (Phi) is 45.7. The molecule has 3 unspecified atom stereocenters. The number of aliphatic hydroxyl groups excluding tert-OH is 2. The fraction of sp³-hybridized carbons (Fsp3) is 0.709. The molecule has 0 aromatic heterocycles. The minimum absolute atomic E-state index is 0.0375. The van der Waals surface area contributed by atoms with Crippen molar-refractivity contribution in [3.05, 3.63) is 85.1 Å². The molecular weight excluding hydrogens is 755 g/mol. The van der Waals surface area contributed by atoms with Crippen LogP contribution in [0.3, 0.4) is 0 Å². The van der Waals surface area contributed by atoms with Crippen molar-refractivity contribution in [1.29, 1.82) is 0 Å². The van der Waals surface area contributed by atoms with Crippen molar-refractivity contribution in [2.24, 2.45) is 0 Å². The first-order chi connectivity index (χ1) is 30.0. The molecule has 0 aliphatic heterocycles. The van der Waals surface area contributed by atoms with Crippen LogP contribution in [0, 0.1) is 0 Å². The van der Waals surface area contributed by atoms with Gasteiger partial charge in [-0.15, -0.1) is 0 Å². The molecule has 0 aromatic rings. The highest BCUT2D eigenvalue weighted by molar-refractivity contribution is 5.77. The molecule has 0 aromatic carbocycles. The first-order valence-electron chi connectivity index (χ1n) is 25.4. The van der Waals surface area contributed by atoms with Gasteiger partial charge in [0.05, 0.1) is 25.2 Å². The lowest BCUT2D eigenvalue weighted by Gasteiger charge is -2.24.